The molecule has 0 aliphatic heterocycles. The first kappa shape index (κ1) is 22.4. The molecule has 0 atom stereocenters. The van der Waals surface area contributed by atoms with Crippen molar-refractivity contribution in [2.45, 2.75) is 44.8 Å². The summed E-state index contributed by atoms with van der Waals surface area (Å²) in [5, 5.41) is 9.41. The van der Waals surface area contributed by atoms with Crippen LogP contribution in [0.25, 0.3) is 21.7 Å². The van der Waals surface area contributed by atoms with Crippen molar-refractivity contribution in [1.29, 1.82) is 0 Å². The number of carboxylic acids is 1. The quantitative estimate of drug-likeness (QED) is 0.332. The maximum absolute atomic E-state index is 11.5. The number of fused-ring (bicyclic) bond motifs is 1. The van der Waals surface area contributed by atoms with Crippen LogP contribution in [-0.4, -0.2) is 20.6 Å². The number of hydrogen-bond acceptors (Lipinski definition) is 4. The second-order valence-corrected chi connectivity index (χ2v) is 9.03. The van der Waals surface area contributed by atoms with Crippen LogP contribution in [0.3, 0.4) is 0 Å². The number of imidazole rings is 1. The van der Waals surface area contributed by atoms with Crippen LogP contribution in [-0.2, 0) is 6.61 Å². The number of thiophene rings is 1. The van der Waals surface area contributed by atoms with E-state index in [-0.39, 0.29) is 12.4 Å². The number of aromatic carboxylic acids is 1. The molecule has 5 nitrogen and oxygen atoms in total. The molecule has 0 radical (unpaired) electrons. The molecule has 4 aromatic rings. The van der Waals surface area contributed by atoms with Gasteiger partial charge in [-0.05, 0) is 48.7 Å². The Morgan fingerprint density at radius 3 is 2.47 bits per heavy atom. The summed E-state index contributed by atoms with van der Waals surface area (Å²) in [5.74, 6) is 0.845. The molecule has 0 saturated heterocycles. The topological polar surface area (TPSA) is 64.3 Å². The van der Waals surface area contributed by atoms with Gasteiger partial charge in [0.25, 0.3) is 0 Å². The van der Waals surface area contributed by atoms with Gasteiger partial charge in [0.05, 0.1) is 0 Å². The molecule has 1 N–H and O–H groups in total. The van der Waals surface area contributed by atoms with Gasteiger partial charge in [-0.15, -0.1) is 23.7 Å². The van der Waals surface area contributed by atoms with E-state index in [9.17, 15) is 9.90 Å². The Hall–Kier alpha value is -2.83. The highest BCUT2D eigenvalue weighted by Gasteiger charge is 2.25. The highest BCUT2D eigenvalue weighted by atomic mass is 35.5. The fraction of sp³-hybridized carbons (Fsp3) is 0.280. The third kappa shape index (κ3) is 4.52. The standard InChI is InChI=1S/C25H24N2O3S.ClH/c28-25(29)22-15-21-24(31-22)27(19-9-5-2-6-10-19)23(26-21)18-11-13-20(14-12-18)30-16-17-7-3-1-4-8-17;/h1,3-4,7-8,11-15,19H,2,5-6,9-10,16H2,(H,28,29);1H. The molecule has 5 rings (SSSR count). The Labute approximate surface area is 197 Å². The minimum Gasteiger partial charge on any atom is -0.489 e. The lowest BCUT2D eigenvalue weighted by atomic mass is 9.95. The second kappa shape index (κ2) is 9.76. The number of benzene rings is 2. The number of hydrogen-bond donors (Lipinski definition) is 1. The van der Waals surface area contributed by atoms with Crippen molar-refractivity contribution < 1.29 is 14.6 Å². The zero-order valence-electron chi connectivity index (χ0n) is 17.6. The van der Waals surface area contributed by atoms with Gasteiger partial charge in [-0.3, -0.25) is 0 Å². The van der Waals surface area contributed by atoms with E-state index in [0.29, 0.717) is 17.5 Å². The van der Waals surface area contributed by atoms with Crippen LogP contribution in [0, 0.1) is 0 Å². The van der Waals surface area contributed by atoms with Gasteiger partial charge in [0.2, 0.25) is 0 Å². The second-order valence-electron chi connectivity index (χ2n) is 8.00. The van der Waals surface area contributed by atoms with Crippen molar-refractivity contribution in [2.75, 3.05) is 0 Å². The Kier molecular flexibility index (Phi) is 6.82. The number of rotatable bonds is 6. The van der Waals surface area contributed by atoms with Gasteiger partial charge >= 0.3 is 5.97 Å². The lowest BCUT2D eigenvalue weighted by Crippen LogP contribution is -2.13. The van der Waals surface area contributed by atoms with E-state index in [0.717, 1.165) is 45.9 Å². The molecule has 0 unspecified atom stereocenters. The lowest BCUT2D eigenvalue weighted by molar-refractivity contribution is 0.0702. The van der Waals surface area contributed by atoms with E-state index in [1.807, 2.05) is 54.6 Å². The molecular formula is C25H25ClN2O3S. The summed E-state index contributed by atoms with van der Waals surface area (Å²) in [6.07, 6.45) is 5.89. The SMILES string of the molecule is Cl.O=C(O)c1cc2nc(-c3ccc(OCc4ccccc4)cc3)n(C3CCCCC3)c2s1. The summed E-state index contributed by atoms with van der Waals surface area (Å²) in [6.45, 7) is 0.532. The molecule has 0 amide bonds. The molecule has 1 aliphatic rings. The van der Waals surface area contributed by atoms with Gasteiger partial charge in [0.1, 0.15) is 33.4 Å². The van der Waals surface area contributed by atoms with Crippen LogP contribution in [0.1, 0.15) is 53.4 Å². The maximum Gasteiger partial charge on any atom is 0.346 e. The number of aromatic nitrogens is 2. The number of nitrogens with zero attached hydrogens (tertiary/aromatic N) is 2. The first-order valence-electron chi connectivity index (χ1n) is 10.7. The molecule has 7 heteroatoms. The van der Waals surface area contributed by atoms with Crippen molar-refractivity contribution in [3.63, 3.8) is 0 Å². The zero-order valence-corrected chi connectivity index (χ0v) is 19.2. The van der Waals surface area contributed by atoms with Crippen molar-refractivity contribution in [2.24, 2.45) is 0 Å². The van der Waals surface area contributed by atoms with Crippen molar-refractivity contribution in [3.05, 3.63) is 71.1 Å². The van der Waals surface area contributed by atoms with Crippen LogP contribution >= 0.6 is 23.7 Å². The van der Waals surface area contributed by atoms with Crippen LogP contribution in [0.15, 0.2) is 60.7 Å². The first-order chi connectivity index (χ1) is 15.2. The third-order valence-electron chi connectivity index (χ3n) is 5.88. The summed E-state index contributed by atoms with van der Waals surface area (Å²) in [4.78, 5) is 17.6. The van der Waals surface area contributed by atoms with Gasteiger partial charge in [-0.2, -0.15) is 0 Å². The summed E-state index contributed by atoms with van der Waals surface area (Å²) in [6, 6.07) is 20.2. The molecule has 0 bridgehead atoms. The monoisotopic (exact) mass is 468 g/mol. The van der Waals surface area contributed by atoms with E-state index >= 15 is 0 Å². The van der Waals surface area contributed by atoms with E-state index in [4.69, 9.17) is 9.72 Å². The fourth-order valence-corrected chi connectivity index (χ4v) is 5.33. The zero-order chi connectivity index (χ0) is 21.2. The Morgan fingerprint density at radius 2 is 1.78 bits per heavy atom. The average molecular weight is 469 g/mol. The molecular weight excluding hydrogens is 444 g/mol. The van der Waals surface area contributed by atoms with Crippen LogP contribution in [0.5, 0.6) is 5.75 Å². The molecule has 0 spiro atoms. The predicted molar refractivity (Wildman–Crippen MR) is 130 cm³/mol. The van der Waals surface area contributed by atoms with Gasteiger partial charge in [0.15, 0.2) is 0 Å². The molecule has 32 heavy (non-hydrogen) atoms. The number of carboxylic acid groups (broad SMARTS) is 1. The number of halogens is 1. The predicted octanol–water partition coefficient (Wildman–Crippen LogP) is 6.97. The van der Waals surface area contributed by atoms with E-state index < -0.39 is 5.97 Å². The summed E-state index contributed by atoms with van der Waals surface area (Å²) in [5.41, 5.74) is 2.93. The maximum atomic E-state index is 11.5. The Balaban J connectivity index is 0.00000245. The molecule has 2 aromatic heterocycles. The molecule has 2 heterocycles. The molecule has 1 saturated carbocycles. The van der Waals surface area contributed by atoms with Gasteiger partial charge in [0, 0.05) is 11.6 Å². The highest BCUT2D eigenvalue weighted by Crippen LogP contribution is 2.39. The van der Waals surface area contributed by atoms with Crippen LogP contribution in [0.2, 0.25) is 0 Å². The van der Waals surface area contributed by atoms with Gasteiger partial charge in [-0.1, -0.05) is 49.6 Å². The fourth-order valence-electron chi connectivity index (χ4n) is 4.32. The third-order valence-corrected chi connectivity index (χ3v) is 6.99. The molecule has 166 valence electrons. The first-order valence-corrected chi connectivity index (χ1v) is 11.5. The van der Waals surface area contributed by atoms with Crippen molar-refractivity contribution >= 4 is 40.1 Å². The van der Waals surface area contributed by atoms with Crippen molar-refractivity contribution in [3.8, 4) is 17.1 Å². The Bertz CT molecular complexity index is 1200. The minimum atomic E-state index is -0.889. The molecule has 2 aromatic carbocycles. The van der Waals surface area contributed by atoms with Crippen LogP contribution in [0.4, 0.5) is 0 Å². The summed E-state index contributed by atoms with van der Waals surface area (Å²) < 4.78 is 8.21. The lowest BCUT2D eigenvalue weighted by Gasteiger charge is -2.25. The van der Waals surface area contributed by atoms with Crippen molar-refractivity contribution in [1.82, 2.24) is 9.55 Å². The number of ether oxygens (including phenoxy) is 1. The molecule has 1 aliphatic carbocycles. The minimum absolute atomic E-state index is 0. The smallest absolute Gasteiger partial charge is 0.346 e. The van der Waals surface area contributed by atoms with Crippen LogP contribution < -0.4 is 4.74 Å². The van der Waals surface area contributed by atoms with E-state index in [1.165, 1.54) is 30.6 Å². The Morgan fingerprint density at radius 1 is 1.06 bits per heavy atom. The normalized spacial score (nSPS) is 14.2. The summed E-state index contributed by atoms with van der Waals surface area (Å²) >= 11 is 1.33. The summed E-state index contributed by atoms with van der Waals surface area (Å²) in [7, 11) is 0. The highest BCUT2D eigenvalue weighted by molar-refractivity contribution is 7.20. The number of carbonyl (C=O) groups is 1. The molecule has 1 fully saturated rings. The van der Waals surface area contributed by atoms with Gasteiger partial charge in [-0.25, -0.2) is 9.78 Å². The van der Waals surface area contributed by atoms with E-state index in [2.05, 4.69) is 4.57 Å². The van der Waals surface area contributed by atoms with Gasteiger partial charge < -0.3 is 14.4 Å². The van der Waals surface area contributed by atoms with E-state index in [1.54, 1.807) is 6.07 Å². The average Bonchev–Trinajstić information content (AvgIpc) is 3.38. The largest absolute Gasteiger partial charge is 0.489 e.